The summed E-state index contributed by atoms with van der Waals surface area (Å²) < 4.78 is 11.6. The highest BCUT2D eigenvalue weighted by Gasteiger charge is 2.10. The molecule has 106 valence electrons. The van der Waals surface area contributed by atoms with E-state index in [4.69, 9.17) is 20.8 Å². The molecule has 0 saturated heterocycles. The highest BCUT2D eigenvalue weighted by Crippen LogP contribution is 2.24. The first kappa shape index (κ1) is 14.3. The van der Waals surface area contributed by atoms with E-state index in [1.54, 1.807) is 24.3 Å². The quantitative estimate of drug-likeness (QED) is 0.609. The minimum absolute atomic E-state index is 0.0416. The Morgan fingerprint density at radius 2 is 2.00 bits per heavy atom. The van der Waals surface area contributed by atoms with E-state index < -0.39 is 5.63 Å². The van der Waals surface area contributed by atoms with Gasteiger partial charge in [0.2, 0.25) is 5.89 Å². The van der Waals surface area contributed by atoms with Crippen LogP contribution in [0.1, 0.15) is 5.89 Å². The summed E-state index contributed by atoms with van der Waals surface area (Å²) >= 11 is 8.13. The van der Waals surface area contributed by atoms with E-state index in [9.17, 15) is 4.79 Å². The fourth-order valence-electron chi connectivity index (χ4n) is 1.87. The molecule has 0 radical (unpaired) electrons. The number of aromatic nitrogens is 1. The summed E-state index contributed by atoms with van der Waals surface area (Å²) in [5.74, 6) is 0.739. The van der Waals surface area contributed by atoms with Crippen LogP contribution in [-0.2, 0) is 6.61 Å². The maximum Gasteiger partial charge on any atom is 0.346 e. The highest BCUT2D eigenvalue weighted by atomic mass is 127. The van der Waals surface area contributed by atoms with Crippen LogP contribution < -0.4 is 10.4 Å². The molecule has 0 N–H and O–H groups in total. The van der Waals surface area contributed by atoms with Crippen molar-refractivity contribution in [3.05, 3.63) is 67.4 Å². The average Bonchev–Trinajstić information content (AvgIpc) is 2.48. The van der Waals surface area contributed by atoms with Gasteiger partial charge in [0.15, 0.2) is 6.61 Å². The van der Waals surface area contributed by atoms with Crippen molar-refractivity contribution in [2.45, 2.75) is 6.61 Å². The molecule has 0 aliphatic carbocycles. The molecular formula is C15H9ClINO3. The number of hydrogen-bond acceptors (Lipinski definition) is 4. The Balaban J connectivity index is 1.93. The molecule has 0 atom stereocenters. The Morgan fingerprint density at radius 1 is 1.19 bits per heavy atom. The lowest BCUT2D eigenvalue weighted by atomic mass is 10.2. The Hall–Kier alpha value is -1.60. The molecule has 0 amide bonds. The van der Waals surface area contributed by atoms with Gasteiger partial charge in [-0.1, -0.05) is 29.8 Å². The number of fused-ring (bicyclic) bond motifs is 1. The molecule has 0 saturated carbocycles. The normalized spacial score (nSPS) is 10.8. The lowest BCUT2D eigenvalue weighted by molar-refractivity contribution is 0.254. The zero-order chi connectivity index (χ0) is 14.8. The van der Waals surface area contributed by atoms with Gasteiger partial charge in [-0.05, 0) is 46.9 Å². The first-order valence-electron chi connectivity index (χ1n) is 6.11. The lowest BCUT2D eigenvalue weighted by Crippen LogP contribution is -2.08. The van der Waals surface area contributed by atoms with E-state index in [1.165, 1.54) is 0 Å². The van der Waals surface area contributed by atoms with E-state index in [-0.39, 0.29) is 12.5 Å². The van der Waals surface area contributed by atoms with Gasteiger partial charge in [-0.2, -0.15) is 0 Å². The third-order valence-corrected chi connectivity index (χ3v) is 4.02. The zero-order valence-corrected chi connectivity index (χ0v) is 13.6. The summed E-state index contributed by atoms with van der Waals surface area (Å²) in [6, 6.07) is 12.5. The predicted octanol–water partition coefficient (Wildman–Crippen LogP) is 4.03. The summed E-state index contributed by atoms with van der Waals surface area (Å²) in [4.78, 5) is 16.3. The summed E-state index contributed by atoms with van der Waals surface area (Å²) in [6.45, 7) is 0.0416. The molecule has 0 bridgehead atoms. The summed E-state index contributed by atoms with van der Waals surface area (Å²) in [5, 5.41) is 0.957. The van der Waals surface area contributed by atoms with Crippen LogP contribution >= 0.6 is 34.2 Å². The van der Waals surface area contributed by atoms with Crippen molar-refractivity contribution in [2.24, 2.45) is 0 Å². The molecule has 1 aromatic heterocycles. The van der Waals surface area contributed by atoms with Crippen LogP contribution in [0.3, 0.4) is 0 Å². The molecule has 1 heterocycles. The topological polar surface area (TPSA) is 52.3 Å². The molecule has 0 spiro atoms. The van der Waals surface area contributed by atoms with Gasteiger partial charge >= 0.3 is 5.63 Å². The van der Waals surface area contributed by atoms with Crippen LogP contribution in [0, 0.1) is 3.57 Å². The average molecular weight is 414 g/mol. The summed E-state index contributed by atoms with van der Waals surface area (Å²) in [6.07, 6.45) is 0. The maximum atomic E-state index is 11.9. The predicted molar refractivity (Wildman–Crippen MR) is 88.8 cm³/mol. The smallest absolute Gasteiger partial charge is 0.346 e. The van der Waals surface area contributed by atoms with Crippen molar-refractivity contribution in [3.63, 3.8) is 0 Å². The van der Waals surface area contributed by atoms with Gasteiger partial charge in [-0.15, -0.1) is 0 Å². The van der Waals surface area contributed by atoms with Gasteiger partial charge < -0.3 is 9.15 Å². The minimum Gasteiger partial charge on any atom is -0.482 e. The van der Waals surface area contributed by atoms with Crippen molar-refractivity contribution < 1.29 is 9.15 Å². The largest absolute Gasteiger partial charge is 0.482 e. The number of hydrogen-bond donors (Lipinski definition) is 0. The monoisotopic (exact) mass is 413 g/mol. The third-order valence-electron chi connectivity index (χ3n) is 2.84. The van der Waals surface area contributed by atoms with Gasteiger partial charge in [-0.3, -0.25) is 0 Å². The van der Waals surface area contributed by atoms with Crippen LogP contribution in [0.25, 0.3) is 10.9 Å². The van der Waals surface area contributed by atoms with Crippen LogP contribution in [-0.4, -0.2) is 4.98 Å². The van der Waals surface area contributed by atoms with Crippen molar-refractivity contribution in [1.29, 1.82) is 0 Å². The van der Waals surface area contributed by atoms with E-state index in [0.717, 1.165) is 3.57 Å². The fraction of sp³-hybridized carbons (Fsp3) is 0.0667. The number of ether oxygens (including phenoxy) is 1. The van der Waals surface area contributed by atoms with Gasteiger partial charge in [0.05, 0.1) is 15.9 Å². The van der Waals surface area contributed by atoms with Crippen LogP contribution in [0.15, 0.2) is 51.7 Å². The third kappa shape index (κ3) is 3.03. The molecule has 3 aromatic rings. The standard InChI is InChI=1S/C15H9ClINO3/c16-10-5-1-2-7-12(10)20-8-13-18-14-9(15(19)21-13)4-3-6-11(14)17/h1-7H,8H2. The molecule has 0 unspecified atom stereocenters. The molecular weight excluding hydrogens is 405 g/mol. The minimum atomic E-state index is -0.420. The second kappa shape index (κ2) is 6.03. The van der Waals surface area contributed by atoms with Crippen LogP contribution in [0.4, 0.5) is 0 Å². The SMILES string of the molecule is O=c1oc(COc2ccccc2Cl)nc2c(I)cccc12. The van der Waals surface area contributed by atoms with Gasteiger partial charge in [0, 0.05) is 3.57 Å². The Labute approximate surface area is 138 Å². The molecule has 0 fully saturated rings. The summed E-state index contributed by atoms with van der Waals surface area (Å²) in [7, 11) is 0. The Kier molecular flexibility index (Phi) is 4.12. The summed E-state index contributed by atoms with van der Waals surface area (Å²) in [5.41, 5.74) is 0.198. The molecule has 6 heteroatoms. The molecule has 4 nitrogen and oxygen atoms in total. The van der Waals surface area contributed by atoms with Gasteiger partial charge in [0.1, 0.15) is 5.75 Å². The van der Waals surface area contributed by atoms with Crippen LogP contribution in [0.2, 0.25) is 5.02 Å². The zero-order valence-electron chi connectivity index (χ0n) is 10.7. The number of halogens is 2. The highest BCUT2D eigenvalue weighted by molar-refractivity contribution is 14.1. The van der Waals surface area contributed by atoms with Gasteiger partial charge in [-0.25, -0.2) is 9.78 Å². The van der Waals surface area contributed by atoms with E-state index in [2.05, 4.69) is 27.6 Å². The van der Waals surface area contributed by atoms with E-state index >= 15 is 0 Å². The van der Waals surface area contributed by atoms with Crippen LogP contribution in [0.5, 0.6) is 5.75 Å². The second-order valence-corrected chi connectivity index (χ2v) is 5.82. The second-order valence-electron chi connectivity index (χ2n) is 4.25. The first-order chi connectivity index (χ1) is 10.1. The van der Waals surface area contributed by atoms with Crippen molar-refractivity contribution >= 4 is 45.1 Å². The molecule has 3 rings (SSSR count). The van der Waals surface area contributed by atoms with Gasteiger partial charge in [0.25, 0.3) is 0 Å². The van der Waals surface area contributed by atoms with Crippen molar-refractivity contribution in [1.82, 2.24) is 4.98 Å². The Bertz CT molecular complexity index is 863. The number of benzene rings is 2. The maximum absolute atomic E-state index is 11.9. The lowest BCUT2D eigenvalue weighted by Gasteiger charge is -2.07. The molecule has 0 aliphatic heterocycles. The number of rotatable bonds is 3. The Morgan fingerprint density at radius 3 is 2.81 bits per heavy atom. The number of para-hydroxylation sites is 2. The molecule has 0 aliphatic rings. The fourth-order valence-corrected chi connectivity index (χ4v) is 2.68. The number of nitrogens with zero attached hydrogens (tertiary/aromatic N) is 1. The molecule has 2 aromatic carbocycles. The van der Waals surface area contributed by atoms with Crippen molar-refractivity contribution in [2.75, 3.05) is 0 Å². The molecule has 21 heavy (non-hydrogen) atoms. The van der Waals surface area contributed by atoms with E-state index in [1.807, 2.05) is 18.2 Å². The van der Waals surface area contributed by atoms with Crippen molar-refractivity contribution in [3.8, 4) is 5.75 Å². The first-order valence-corrected chi connectivity index (χ1v) is 7.56. The van der Waals surface area contributed by atoms with E-state index in [0.29, 0.717) is 21.7 Å².